The minimum absolute atomic E-state index is 0.264. The first-order valence-electron chi connectivity index (χ1n) is 9.68. The summed E-state index contributed by atoms with van der Waals surface area (Å²) >= 11 is 0. The van der Waals surface area contributed by atoms with Gasteiger partial charge in [0.2, 0.25) is 0 Å². The van der Waals surface area contributed by atoms with Gasteiger partial charge < -0.3 is 19.5 Å². The van der Waals surface area contributed by atoms with Crippen LogP contribution in [0.5, 0.6) is 11.5 Å². The van der Waals surface area contributed by atoms with Gasteiger partial charge in [0.15, 0.2) is 11.5 Å². The molecule has 1 amide bonds. The summed E-state index contributed by atoms with van der Waals surface area (Å²) in [6.45, 7) is 5.46. The second-order valence-corrected chi connectivity index (χ2v) is 7.59. The molecule has 0 bridgehead atoms. The normalized spacial score (nSPS) is 27.5. The van der Waals surface area contributed by atoms with Crippen LogP contribution in [-0.2, 0) is 11.2 Å². The fourth-order valence-corrected chi connectivity index (χ4v) is 4.42. The number of alkyl carbamates (subject to hydrolysis) is 1. The van der Waals surface area contributed by atoms with E-state index in [1.54, 1.807) is 7.11 Å². The number of rotatable bonds is 5. The van der Waals surface area contributed by atoms with Crippen LogP contribution in [-0.4, -0.2) is 49.9 Å². The minimum atomic E-state index is -0.365. The number of fused-ring (bicyclic) bond motifs is 3. The highest BCUT2D eigenvalue weighted by atomic mass is 16.6. The van der Waals surface area contributed by atoms with Gasteiger partial charge in [0, 0.05) is 32.0 Å². The second-order valence-electron chi connectivity index (χ2n) is 7.59. The van der Waals surface area contributed by atoms with E-state index in [-0.39, 0.29) is 17.7 Å². The van der Waals surface area contributed by atoms with Gasteiger partial charge in [-0.25, -0.2) is 4.79 Å². The Kier molecular flexibility index (Phi) is 4.69. The summed E-state index contributed by atoms with van der Waals surface area (Å²) in [5.74, 6) is 1.63. The maximum atomic E-state index is 11.6. The topological polar surface area (TPSA) is 60.0 Å². The Balaban J connectivity index is 1.63. The zero-order chi connectivity index (χ0) is 18.1. The van der Waals surface area contributed by atoms with Crippen molar-refractivity contribution < 1.29 is 19.0 Å². The van der Waals surface area contributed by atoms with E-state index in [0.717, 1.165) is 56.7 Å². The Bertz CT molecular complexity index is 693. The molecule has 2 saturated heterocycles. The van der Waals surface area contributed by atoms with Gasteiger partial charge in [-0.1, -0.05) is 13.3 Å². The SMILES string of the molecule is CCCCOc1cc2c(cc1OC)CCN1CC[C@@]3(CNC(=O)O3)C[C@@H]21. The van der Waals surface area contributed by atoms with E-state index in [1.807, 2.05) is 0 Å². The average Bonchev–Trinajstić information content (AvgIpc) is 3.01. The first-order valence-corrected chi connectivity index (χ1v) is 9.68. The molecule has 1 aromatic rings. The lowest BCUT2D eigenvalue weighted by Gasteiger charge is -2.46. The van der Waals surface area contributed by atoms with Gasteiger partial charge in [0.25, 0.3) is 0 Å². The zero-order valence-electron chi connectivity index (χ0n) is 15.7. The molecule has 1 aromatic carbocycles. The molecule has 26 heavy (non-hydrogen) atoms. The van der Waals surface area contributed by atoms with Crippen molar-refractivity contribution in [1.29, 1.82) is 0 Å². The van der Waals surface area contributed by atoms with Crippen molar-refractivity contribution >= 4 is 6.09 Å². The molecule has 3 aliphatic rings. The predicted octanol–water partition coefficient (Wildman–Crippen LogP) is 3.05. The fraction of sp³-hybridized carbons (Fsp3) is 0.650. The summed E-state index contributed by atoms with van der Waals surface area (Å²) in [5.41, 5.74) is 2.25. The van der Waals surface area contributed by atoms with Gasteiger partial charge in [0.05, 0.1) is 20.3 Å². The van der Waals surface area contributed by atoms with Crippen LogP contribution in [0, 0.1) is 0 Å². The molecule has 3 heterocycles. The van der Waals surface area contributed by atoms with Crippen molar-refractivity contribution in [1.82, 2.24) is 10.2 Å². The standard InChI is InChI=1S/C20H28N2O4/c1-3-4-9-25-18-11-15-14(10-17(18)24-2)5-7-22-8-6-20(12-16(15)22)13-21-19(23)26-20/h10-11,16H,3-9,12-13H2,1-2H3,(H,21,23)/t16-,20-/m0/s1. The van der Waals surface area contributed by atoms with Crippen molar-refractivity contribution in [3.8, 4) is 11.5 Å². The summed E-state index contributed by atoms with van der Waals surface area (Å²) in [6, 6.07) is 4.55. The van der Waals surface area contributed by atoms with Crippen molar-refractivity contribution in [3.05, 3.63) is 23.3 Å². The molecular formula is C20H28N2O4. The highest BCUT2D eigenvalue weighted by Gasteiger charge is 2.48. The van der Waals surface area contributed by atoms with Crippen LogP contribution in [0.3, 0.4) is 0 Å². The molecule has 0 unspecified atom stereocenters. The lowest BCUT2D eigenvalue weighted by Crippen LogP contribution is -2.50. The van der Waals surface area contributed by atoms with Crippen LogP contribution in [0.1, 0.15) is 49.8 Å². The Morgan fingerprint density at radius 1 is 1.35 bits per heavy atom. The number of amides is 1. The zero-order valence-corrected chi connectivity index (χ0v) is 15.7. The number of ether oxygens (including phenoxy) is 3. The molecule has 6 nitrogen and oxygen atoms in total. The number of carbonyl (C=O) groups is 1. The summed E-state index contributed by atoms with van der Waals surface area (Å²) in [6.07, 6.45) is 4.59. The third kappa shape index (κ3) is 3.11. The monoisotopic (exact) mass is 360 g/mol. The lowest BCUT2D eigenvalue weighted by atomic mass is 9.79. The van der Waals surface area contributed by atoms with Crippen molar-refractivity contribution in [2.45, 2.75) is 50.7 Å². The molecule has 0 aliphatic carbocycles. The van der Waals surface area contributed by atoms with E-state index >= 15 is 0 Å². The number of unbranched alkanes of at least 4 members (excludes halogenated alkanes) is 1. The highest BCUT2D eigenvalue weighted by Crippen LogP contribution is 2.45. The number of piperidine rings is 1. The van der Waals surface area contributed by atoms with Gasteiger partial charge in [-0.2, -0.15) is 0 Å². The molecule has 2 atom stereocenters. The number of nitrogens with zero attached hydrogens (tertiary/aromatic N) is 1. The fourth-order valence-electron chi connectivity index (χ4n) is 4.42. The van der Waals surface area contributed by atoms with Gasteiger partial charge in [0.1, 0.15) is 5.60 Å². The van der Waals surface area contributed by atoms with Gasteiger partial charge >= 0.3 is 6.09 Å². The van der Waals surface area contributed by atoms with E-state index in [2.05, 4.69) is 29.3 Å². The van der Waals surface area contributed by atoms with E-state index in [9.17, 15) is 4.79 Å². The third-order valence-corrected chi connectivity index (χ3v) is 5.93. The quantitative estimate of drug-likeness (QED) is 0.818. The Morgan fingerprint density at radius 2 is 2.23 bits per heavy atom. The van der Waals surface area contributed by atoms with Crippen molar-refractivity contribution in [2.75, 3.05) is 33.4 Å². The first kappa shape index (κ1) is 17.5. The van der Waals surface area contributed by atoms with Crippen molar-refractivity contribution in [3.63, 3.8) is 0 Å². The largest absolute Gasteiger partial charge is 0.493 e. The van der Waals surface area contributed by atoms with E-state index in [4.69, 9.17) is 14.2 Å². The Labute approximate surface area is 154 Å². The first-order chi connectivity index (χ1) is 12.6. The minimum Gasteiger partial charge on any atom is -0.493 e. The molecule has 1 N–H and O–H groups in total. The van der Waals surface area contributed by atoms with Crippen LogP contribution in [0.4, 0.5) is 4.79 Å². The number of hydrogen-bond acceptors (Lipinski definition) is 5. The Morgan fingerprint density at radius 3 is 2.96 bits per heavy atom. The summed E-state index contributed by atoms with van der Waals surface area (Å²) in [4.78, 5) is 14.1. The van der Waals surface area contributed by atoms with Crippen LogP contribution in [0.2, 0.25) is 0 Å². The molecule has 0 radical (unpaired) electrons. The van der Waals surface area contributed by atoms with Crippen LogP contribution in [0.25, 0.3) is 0 Å². The Hall–Kier alpha value is -1.95. The second kappa shape index (κ2) is 6.99. The predicted molar refractivity (Wildman–Crippen MR) is 97.9 cm³/mol. The van der Waals surface area contributed by atoms with Crippen LogP contribution in [0.15, 0.2) is 12.1 Å². The van der Waals surface area contributed by atoms with Crippen molar-refractivity contribution in [2.24, 2.45) is 0 Å². The number of benzene rings is 1. The molecule has 3 aliphatic heterocycles. The summed E-state index contributed by atoms with van der Waals surface area (Å²) in [5, 5.41) is 2.84. The van der Waals surface area contributed by atoms with E-state index < -0.39 is 0 Å². The summed E-state index contributed by atoms with van der Waals surface area (Å²) in [7, 11) is 1.70. The van der Waals surface area contributed by atoms with E-state index in [0.29, 0.717) is 13.2 Å². The molecule has 1 spiro atoms. The molecule has 0 saturated carbocycles. The maximum absolute atomic E-state index is 11.6. The highest BCUT2D eigenvalue weighted by molar-refractivity contribution is 5.70. The van der Waals surface area contributed by atoms with Gasteiger partial charge in [-0.15, -0.1) is 0 Å². The molecular weight excluding hydrogens is 332 g/mol. The third-order valence-electron chi connectivity index (χ3n) is 5.93. The number of nitrogens with one attached hydrogen (secondary N) is 1. The van der Waals surface area contributed by atoms with E-state index in [1.165, 1.54) is 11.1 Å². The maximum Gasteiger partial charge on any atom is 0.407 e. The average molecular weight is 360 g/mol. The molecule has 4 rings (SSSR count). The molecule has 6 heteroatoms. The van der Waals surface area contributed by atoms with Crippen LogP contribution < -0.4 is 14.8 Å². The van der Waals surface area contributed by atoms with Crippen LogP contribution >= 0.6 is 0 Å². The smallest absolute Gasteiger partial charge is 0.407 e. The molecule has 2 fully saturated rings. The molecule has 0 aromatic heterocycles. The van der Waals surface area contributed by atoms with Gasteiger partial charge in [-0.3, -0.25) is 4.90 Å². The lowest BCUT2D eigenvalue weighted by molar-refractivity contribution is -0.0296. The number of methoxy groups -OCH3 is 1. The summed E-state index contributed by atoms with van der Waals surface area (Å²) < 4.78 is 17.3. The molecule has 142 valence electrons. The van der Waals surface area contributed by atoms with Gasteiger partial charge in [-0.05, 0) is 36.1 Å². The number of carbonyl (C=O) groups excluding carboxylic acids is 1. The number of hydrogen-bond donors (Lipinski definition) is 1.